The van der Waals surface area contributed by atoms with Crippen LogP contribution < -0.4 is 5.32 Å². The number of benzene rings is 1. The van der Waals surface area contributed by atoms with E-state index >= 15 is 0 Å². The summed E-state index contributed by atoms with van der Waals surface area (Å²) in [5, 5.41) is 12.7. The zero-order valence-electron chi connectivity index (χ0n) is 13.3. The number of hydrogen-bond donors (Lipinski definition) is 2. The van der Waals surface area contributed by atoms with Crippen LogP contribution in [0.1, 0.15) is 22.5 Å². The Balaban J connectivity index is 1.64. The number of carbonyl (C=O) groups is 2. The molecule has 24 heavy (non-hydrogen) atoms. The summed E-state index contributed by atoms with van der Waals surface area (Å²) in [6.07, 6.45) is 1.45. The molecule has 0 radical (unpaired) electrons. The number of ether oxygens (including phenoxy) is 1. The van der Waals surface area contributed by atoms with Gasteiger partial charge in [0.25, 0.3) is 5.91 Å². The van der Waals surface area contributed by atoms with Crippen molar-refractivity contribution >= 4 is 11.7 Å². The largest absolute Gasteiger partial charge is 0.505 e. The van der Waals surface area contributed by atoms with Gasteiger partial charge < -0.3 is 15.2 Å². The number of aryl methyl sites for hydroxylation is 1. The minimum atomic E-state index is -0.507. The lowest BCUT2D eigenvalue weighted by Gasteiger charge is -2.08. The van der Waals surface area contributed by atoms with E-state index in [0.29, 0.717) is 6.61 Å². The van der Waals surface area contributed by atoms with Crippen LogP contribution in [0.5, 0.6) is 5.75 Å². The van der Waals surface area contributed by atoms with E-state index in [-0.39, 0.29) is 36.3 Å². The van der Waals surface area contributed by atoms with Crippen LogP contribution in [0.4, 0.5) is 0 Å². The molecule has 0 bridgehead atoms. The van der Waals surface area contributed by atoms with E-state index < -0.39 is 5.91 Å². The van der Waals surface area contributed by atoms with Gasteiger partial charge in [0, 0.05) is 24.7 Å². The van der Waals surface area contributed by atoms with Crippen molar-refractivity contribution in [1.29, 1.82) is 0 Å². The maximum atomic E-state index is 12.0. The third-order valence-electron chi connectivity index (χ3n) is 3.82. The Labute approximate surface area is 139 Å². The molecule has 1 aliphatic rings. The summed E-state index contributed by atoms with van der Waals surface area (Å²) in [7, 11) is 0. The van der Waals surface area contributed by atoms with Gasteiger partial charge in [-0.2, -0.15) is 0 Å². The number of pyridine rings is 1. The van der Waals surface area contributed by atoms with Crippen LogP contribution in [0.2, 0.25) is 0 Å². The Morgan fingerprint density at radius 1 is 1.29 bits per heavy atom. The number of amides is 1. The highest BCUT2D eigenvalue weighted by atomic mass is 16.6. The summed E-state index contributed by atoms with van der Waals surface area (Å²) in [6, 6.07) is 9.30. The van der Waals surface area contributed by atoms with E-state index in [4.69, 9.17) is 4.74 Å². The maximum absolute atomic E-state index is 12.0. The molecule has 124 valence electrons. The van der Waals surface area contributed by atoms with Crippen LogP contribution >= 0.6 is 0 Å². The van der Waals surface area contributed by atoms with Gasteiger partial charge in [-0.1, -0.05) is 29.8 Å². The molecule has 6 heteroatoms. The predicted molar refractivity (Wildman–Crippen MR) is 87.8 cm³/mol. The third kappa shape index (κ3) is 3.78. The number of nitrogens with zero attached hydrogens (tertiary/aromatic N) is 1. The van der Waals surface area contributed by atoms with Gasteiger partial charge in [0.1, 0.15) is 11.9 Å². The molecule has 1 fully saturated rings. The van der Waals surface area contributed by atoms with E-state index in [0.717, 1.165) is 16.7 Å². The second kappa shape index (κ2) is 6.80. The molecule has 1 aliphatic heterocycles. The third-order valence-corrected chi connectivity index (χ3v) is 3.82. The first-order chi connectivity index (χ1) is 11.5. The first-order valence-corrected chi connectivity index (χ1v) is 7.73. The van der Waals surface area contributed by atoms with Gasteiger partial charge in [-0.25, -0.2) is 4.98 Å². The highest BCUT2D eigenvalue weighted by Gasteiger charge is 2.30. The SMILES string of the molecule is Cc1ccc(-c2cnc(C(=O)NCCC(=O)C3CO3)c(O)c2)cc1. The normalized spacial score (nSPS) is 15.8. The molecular weight excluding hydrogens is 308 g/mol. The van der Waals surface area contributed by atoms with Gasteiger partial charge in [-0.15, -0.1) is 0 Å². The summed E-state index contributed by atoms with van der Waals surface area (Å²) in [4.78, 5) is 27.6. The first-order valence-electron chi connectivity index (χ1n) is 7.73. The molecule has 0 saturated carbocycles. The zero-order chi connectivity index (χ0) is 17.1. The van der Waals surface area contributed by atoms with Gasteiger partial charge >= 0.3 is 0 Å². The lowest BCUT2D eigenvalue weighted by molar-refractivity contribution is -0.120. The lowest BCUT2D eigenvalue weighted by atomic mass is 10.1. The summed E-state index contributed by atoms with van der Waals surface area (Å²) in [5.74, 6) is -0.725. The second-order valence-electron chi connectivity index (χ2n) is 5.75. The van der Waals surface area contributed by atoms with Crippen molar-refractivity contribution in [2.75, 3.05) is 13.2 Å². The molecule has 1 unspecified atom stereocenters. The number of Topliss-reactive ketones (excluding diaryl/α,β-unsaturated/α-hetero) is 1. The van der Waals surface area contributed by atoms with Crippen LogP contribution in [0.15, 0.2) is 36.5 Å². The molecule has 1 saturated heterocycles. The number of nitrogens with one attached hydrogen (secondary N) is 1. The highest BCUT2D eigenvalue weighted by molar-refractivity contribution is 5.95. The topological polar surface area (TPSA) is 91.8 Å². The monoisotopic (exact) mass is 326 g/mol. The molecule has 2 heterocycles. The fraction of sp³-hybridized carbons (Fsp3) is 0.278. The number of aromatic hydroxyl groups is 1. The van der Waals surface area contributed by atoms with Crippen LogP contribution in [0.25, 0.3) is 11.1 Å². The van der Waals surface area contributed by atoms with E-state index in [1.807, 2.05) is 31.2 Å². The Hall–Kier alpha value is -2.73. The van der Waals surface area contributed by atoms with Gasteiger partial charge in [0.15, 0.2) is 11.5 Å². The van der Waals surface area contributed by atoms with E-state index in [1.54, 1.807) is 6.20 Å². The number of hydrogen-bond acceptors (Lipinski definition) is 5. The van der Waals surface area contributed by atoms with Crippen molar-refractivity contribution in [2.45, 2.75) is 19.4 Å². The van der Waals surface area contributed by atoms with E-state index in [9.17, 15) is 14.7 Å². The molecule has 1 aromatic carbocycles. The Kier molecular flexibility index (Phi) is 4.57. The van der Waals surface area contributed by atoms with Gasteiger partial charge in [-0.05, 0) is 18.6 Å². The number of rotatable bonds is 6. The highest BCUT2D eigenvalue weighted by Crippen LogP contribution is 2.25. The molecule has 6 nitrogen and oxygen atoms in total. The van der Waals surface area contributed by atoms with Crippen molar-refractivity contribution < 1.29 is 19.4 Å². The average molecular weight is 326 g/mol. The van der Waals surface area contributed by atoms with Crippen molar-refractivity contribution in [2.24, 2.45) is 0 Å². The average Bonchev–Trinajstić information content (AvgIpc) is 3.40. The Morgan fingerprint density at radius 2 is 2.00 bits per heavy atom. The summed E-state index contributed by atoms with van der Waals surface area (Å²) in [6.45, 7) is 2.65. The van der Waals surface area contributed by atoms with Crippen LogP contribution in [-0.2, 0) is 9.53 Å². The number of aromatic nitrogens is 1. The quantitative estimate of drug-likeness (QED) is 0.791. The van der Waals surface area contributed by atoms with Gasteiger partial charge in [-0.3, -0.25) is 9.59 Å². The minimum absolute atomic E-state index is 0.0257. The van der Waals surface area contributed by atoms with Crippen molar-refractivity contribution in [3.8, 4) is 16.9 Å². The number of ketones is 1. The van der Waals surface area contributed by atoms with Crippen molar-refractivity contribution in [3.05, 3.63) is 47.8 Å². The molecule has 2 N–H and O–H groups in total. The molecule has 3 rings (SSSR count). The lowest BCUT2D eigenvalue weighted by Crippen LogP contribution is -2.27. The zero-order valence-corrected chi connectivity index (χ0v) is 13.3. The molecule has 1 aromatic heterocycles. The maximum Gasteiger partial charge on any atom is 0.273 e. The number of epoxide rings is 1. The van der Waals surface area contributed by atoms with Crippen molar-refractivity contribution in [1.82, 2.24) is 10.3 Å². The summed E-state index contributed by atoms with van der Waals surface area (Å²) < 4.78 is 4.88. The van der Waals surface area contributed by atoms with E-state index in [1.165, 1.54) is 6.07 Å². The molecule has 0 spiro atoms. The van der Waals surface area contributed by atoms with E-state index in [2.05, 4.69) is 10.3 Å². The van der Waals surface area contributed by atoms with Crippen molar-refractivity contribution in [3.63, 3.8) is 0 Å². The van der Waals surface area contributed by atoms with Gasteiger partial charge in [0.2, 0.25) is 0 Å². The summed E-state index contributed by atoms with van der Waals surface area (Å²) >= 11 is 0. The molecular formula is C18H18N2O4. The fourth-order valence-electron chi connectivity index (χ4n) is 2.31. The Morgan fingerprint density at radius 3 is 2.62 bits per heavy atom. The van der Waals surface area contributed by atoms with Crippen LogP contribution in [0, 0.1) is 6.92 Å². The molecule has 0 aliphatic carbocycles. The minimum Gasteiger partial charge on any atom is -0.505 e. The second-order valence-corrected chi connectivity index (χ2v) is 5.75. The first kappa shape index (κ1) is 16.1. The molecule has 1 atom stereocenters. The summed E-state index contributed by atoms with van der Waals surface area (Å²) in [5.41, 5.74) is 2.72. The number of carbonyl (C=O) groups excluding carboxylic acids is 2. The standard InChI is InChI=1S/C18H18N2O4/c1-11-2-4-12(5-3-11)13-8-15(22)17(20-9-13)18(23)19-7-6-14(21)16-10-24-16/h2-5,8-9,16,22H,6-7,10H2,1H3,(H,19,23). The molecule has 1 amide bonds. The van der Waals surface area contributed by atoms with Crippen LogP contribution in [-0.4, -0.2) is 41.0 Å². The van der Waals surface area contributed by atoms with Crippen LogP contribution in [0.3, 0.4) is 0 Å². The van der Waals surface area contributed by atoms with Gasteiger partial charge in [0.05, 0.1) is 6.61 Å². The fourth-order valence-corrected chi connectivity index (χ4v) is 2.31. The molecule has 2 aromatic rings. The predicted octanol–water partition coefficient (Wildman–Crippen LogP) is 1.85. The Bertz CT molecular complexity index is 767. The smallest absolute Gasteiger partial charge is 0.273 e.